The van der Waals surface area contributed by atoms with Crippen LogP contribution >= 0.6 is 23.2 Å². The molecule has 2 heterocycles. The van der Waals surface area contributed by atoms with E-state index in [1.165, 1.54) is 0 Å². The summed E-state index contributed by atoms with van der Waals surface area (Å²) in [6.45, 7) is 4.90. The minimum absolute atomic E-state index is 0.263. The fourth-order valence-corrected chi connectivity index (χ4v) is 2.44. The molecule has 2 unspecified atom stereocenters. The molecule has 3 nitrogen and oxygen atoms in total. The highest BCUT2D eigenvalue weighted by molar-refractivity contribution is 6.34. The molecule has 1 aromatic rings. The summed E-state index contributed by atoms with van der Waals surface area (Å²) in [6, 6.07) is 1.94. The molecule has 5 heteroatoms. The Morgan fingerprint density at radius 3 is 2.81 bits per heavy atom. The molecular formula is C11H15Cl2N3. The Morgan fingerprint density at radius 2 is 2.25 bits per heavy atom. The van der Waals surface area contributed by atoms with Gasteiger partial charge in [0.15, 0.2) is 0 Å². The van der Waals surface area contributed by atoms with E-state index in [2.05, 4.69) is 16.8 Å². The van der Waals surface area contributed by atoms with E-state index in [-0.39, 0.29) is 6.04 Å². The molecule has 0 aromatic carbocycles. The van der Waals surface area contributed by atoms with Crippen LogP contribution in [0.4, 0.5) is 0 Å². The summed E-state index contributed by atoms with van der Waals surface area (Å²) < 4.78 is 0. The first kappa shape index (κ1) is 12.1. The first-order chi connectivity index (χ1) is 7.56. The molecule has 0 bridgehead atoms. The third kappa shape index (κ3) is 2.66. The van der Waals surface area contributed by atoms with Crippen molar-refractivity contribution in [3.63, 3.8) is 0 Å². The van der Waals surface area contributed by atoms with E-state index in [0.29, 0.717) is 16.1 Å². The van der Waals surface area contributed by atoms with Crippen molar-refractivity contribution in [3.05, 3.63) is 28.0 Å². The molecule has 1 aliphatic heterocycles. The highest BCUT2D eigenvalue weighted by Gasteiger charge is 2.26. The first-order valence-corrected chi connectivity index (χ1v) is 6.09. The zero-order chi connectivity index (χ0) is 11.7. The Morgan fingerprint density at radius 1 is 1.50 bits per heavy atom. The van der Waals surface area contributed by atoms with E-state index in [1.54, 1.807) is 12.3 Å². The zero-order valence-electron chi connectivity index (χ0n) is 9.16. The lowest BCUT2D eigenvalue weighted by Gasteiger charge is -2.15. The van der Waals surface area contributed by atoms with Gasteiger partial charge in [-0.05, 0) is 12.0 Å². The average molecular weight is 260 g/mol. The molecule has 16 heavy (non-hydrogen) atoms. The fourth-order valence-electron chi connectivity index (χ4n) is 2.02. The average Bonchev–Trinajstić information content (AvgIpc) is 2.51. The second kappa shape index (κ2) is 4.88. The smallest absolute Gasteiger partial charge is 0.130 e. The van der Waals surface area contributed by atoms with Gasteiger partial charge in [0.1, 0.15) is 5.15 Å². The maximum Gasteiger partial charge on any atom is 0.130 e. The van der Waals surface area contributed by atoms with Gasteiger partial charge < -0.3 is 5.73 Å². The Hall–Kier alpha value is -0.350. The lowest BCUT2D eigenvalue weighted by molar-refractivity contribution is 0.318. The summed E-state index contributed by atoms with van der Waals surface area (Å²) in [5.41, 5.74) is 6.98. The van der Waals surface area contributed by atoms with Crippen molar-refractivity contribution in [2.24, 2.45) is 11.7 Å². The van der Waals surface area contributed by atoms with Crippen LogP contribution in [-0.2, 0) is 6.54 Å². The molecule has 1 fully saturated rings. The maximum atomic E-state index is 6.10. The number of hydrogen-bond donors (Lipinski definition) is 1. The minimum Gasteiger partial charge on any atom is -0.326 e. The van der Waals surface area contributed by atoms with E-state index in [1.807, 2.05) is 0 Å². The van der Waals surface area contributed by atoms with Crippen molar-refractivity contribution < 1.29 is 0 Å². The zero-order valence-corrected chi connectivity index (χ0v) is 10.7. The molecule has 2 atom stereocenters. The van der Waals surface area contributed by atoms with E-state index < -0.39 is 0 Å². The summed E-state index contributed by atoms with van der Waals surface area (Å²) in [6.07, 6.45) is 1.74. The molecule has 88 valence electrons. The van der Waals surface area contributed by atoms with Gasteiger partial charge in [-0.25, -0.2) is 4.98 Å². The second-order valence-electron chi connectivity index (χ2n) is 4.43. The predicted molar refractivity (Wildman–Crippen MR) is 66.7 cm³/mol. The lowest BCUT2D eigenvalue weighted by atomic mass is 10.1. The number of rotatable bonds is 2. The highest BCUT2D eigenvalue weighted by atomic mass is 35.5. The van der Waals surface area contributed by atoms with E-state index >= 15 is 0 Å². The van der Waals surface area contributed by atoms with Crippen molar-refractivity contribution in [2.75, 3.05) is 13.1 Å². The molecule has 1 aromatic heterocycles. The van der Waals surface area contributed by atoms with Crippen LogP contribution in [0.2, 0.25) is 10.2 Å². The number of halogens is 2. The summed E-state index contributed by atoms with van der Waals surface area (Å²) in [4.78, 5) is 6.34. The predicted octanol–water partition coefficient (Wildman–Crippen LogP) is 2.17. The second-order valence-corrected chi connectivity index (χ2v) is 5.23. The van der Waals surface area contributed by atoms with Crippen LogP contribution in [0, 0.1) is 5.92 Å². The SMILES string of the molecule is CC1CN(Cc2cnc(Cl)cc2Cl)CC1N. The van der Waals surface area contributed by atoms with Crippen LogP contribution in [-0.4, -0.2) is 29.0 Å². The van der Waals surface area contributed by atoms with E-state index in [0.717, 1.165) is 25.2 Å². The topological polar surface area (TPSA) is 42.2 Å². The lowest BCUT2D eigenvalue weighted by Crippen LogP contribution is -2.28. The van der Waals surface area contributed by atoms with Crippen LogP contribution in [0.5, 0.6) is 0 Å². The van der Waals surface area contributed by atoms with Crippen LogP contribution in [0.1, 0.15) is 12.5 Å². The van der Waals surface area contributed by atoms with Crippen molar-refractivity contribution in [1.82, 2.24) is 9.88 Å². The van der Waals surface area contributed by atoms with Gasteiger partial charge in [0, 0.05) is 42.5 Å². The van der Waals surface area contributed by atoms with Gasteiger partial charge in [0.2, 0.25) is 0 Å². The minimum atomic E-state index is 0.263. The molecule has 0 saturated carbocycles. The van der Waals surface area contributed by atoms with Gasteiger partial charge in [0.25, 0.3) is 0 Å². The largest absolute Gasteiger partial charge is 0.326 e. The number of aromatic nitrogens is 1. The van der Waals surface area contributed by atoms with Crippen LogP contribution < -0.4 is 5.73 Å². The summed E-state index contributed by atoms with van der Waals surface area (Å²) in [5.74, 6) is 0.541. The number of nitrogens with zero attached hydrogens (tertiary/aromatic N) is 2. The van der Waals surface area contributed by atoms with Crippen LogP contribution in [0.15, 0.2) is 12.3 Å². The normalized spacial score (nSPS) is 26.2. The van der Waals surface area contributed by atoms with Gasteiger partial charge in [-0.2, -0.15) is 0 Å². The van der Waals surface area contributed by atoms with Gasteiger partial charge >= 0.3 is 0 Å². The monoisotopic (exact) mass is 259 g/mol. The third-order valence-corrected chi connectivity index (χ3v) is 3.59. The van der Waals surface area contributed by atoms with Crippen LogP contribution in [0.3, 0.4) is 0 Å². The quantitative estimate of drug-likeness (QED) is 0.828. The molecule has 1 aliphatic rings. The molecule has 1 saturated heterocycles. The van der Waals surface area contributed by atoms with Crippen LogP contribution in [0.25, 0.3) is 0 Å². The number of nitrogens with two attached hydrogens (primary N) is 1. The maximum absolute atomic E-state index is 6.10. The Kier molecular flexibility index (Phi) is 3.70. The molecule has 2 rings (SSSR count). The fraction of sp³-hybridized carbons (Fsp3) is 0.545. The van der Waals surface area contributed by atoms with Crippen molar-refractivity contribution >= 4 is 23.2 Å². The number of hydrogen-bond acceptors (Lipinski definition) is 3. The Labute approximate surface area is 106 Å². The molecule has 0 aliphatic carbocycles. The third-order valence-electron chi connectivity index (χ3n) is 3.04. The number of pyridine rings is 1. The van der Waals surface area contributed by atoms with Gasteiger partial charge in [0.05, 0.1) is 0 Å². The Balaban J connectivity index is 2.05. The van der Waals surface area contributed by atoms with Crippen molar-refractivity contribution in [1.29, 1.82) is 0 Å². The molecule has 0 amide bonds. The highest BCUT2D eigenvalue weighted by Crippen LogP contribution is 2.23. The summed E-state index contributed by atoms with van der Waals surface area (Å²) in [7, 11) is 0. The van der Waals surface area contributed by atoms with Gasteiger partial charge in [-0.3, -0.25) is 4.90 Å². The van der Waals surface area contributed by atoms with Gasteiger partial charge in [-0.15, -0.1) is 0 Å². The van der Waals surface area contributed by atoms with E-state index in [9.17, 15) is 0 Å². The summed E-state index contributed by atoms with van der Waals surface area (Å²) >= 11 is 11.8. The van der Waals surface area contributed by atoms with E-state index in [4.69, 9.17) is 28.9 Å². The van der Waals surface area contributed by atoms with Gasteiger partial charge in [-0.1, -0.05) is 30.1 Å². The molecular weight excluding hydrogens is 245 g/mol. The Bertz CT molecular complexity index is 373. The molecule has 2 N–H and O–H groups in total. The molecule has 0 spiro atoms. The first-order valence-electron chi connectivity index (χ1n) is 5.34. The summed E-state index contributed by atoms with van der Waals surface area (Å²) in [5, 5.41) is 1.10. The van der Waals surface area contributed by atoms with Crippen molar-refractivity contribution in [3.8, 4) is 0 Å². The number of likely N-dealkylation sites (tertiary alicyclic amines) is 1. The standard InChI is InChI=1S/C11H15Cl2N3/c1-7-4-16(6-10(7)14)5-8-3-15-11(13)2-9(8)12/h2-3,7,10H,4-6,14H2,1H3. The van der Waals surface area contributed by atoms with Crippen molar-refractivity contribution in [2.45, 2.75) is 19.5 Å². The molecule has 0 radical (unpaired) electrons.